The van der Waals surface area contributed by atoms with E-state index >= 15 is 0 Å². The Morgan fingerprint density at radius 3 is 2.89 bits per heavy atom. The summed E-state index contributed by atoms with van der Waals surface area (Å²) >= 11 is 8.67. The van der Waals surface area contributed by atoms with Crippen molar-refractivity contribution in [3.05, 3.63) is 28.2 Å². The third kappa shape index (κ3) is 5.80. The largest absolute Gasteiger partial charge is 0.382 e. The molecule has 0 saturated heterocycles. The van der Waals surface area contributed by atoms with Crippen LogP contribution < -0.4 is 10.6 Å². The van der Waals surface area contributed by atoms with Gasteiger partial charge in [0.2, 0.25) is 0 Å². The number of ether oxygens (including phenoxy) is 1. The van der Waals surface area contributed by atoms with E-state index in [1.807, 2.05) is 26.0 Å². The Morgan fingerprint density at radius 2 is 2.22 bits per heavy atom. The van der Waals surface area contributed by atoms with Gasteiger partial charge < -0.3 is 15.4 Å². The fourth-order valence-electron chi connectivity index (χ4n) is 1.45. The van der Waals surface area contributed by atoms with Crippen molar-refractivity contribution in [2.75, 3.05) is 25.1 Å². The number of hydrogen-bond acceptors (Lipinski definition) is 2. The number of nitrogens with one attached hydrogen (secondary N) is 2. The summed E-state index contributed by atoms with van der Waals surface area (Å²) in [5.74, 6) is 0. The molecule has 0 unspecified atom stereocenters. The molecule has 0 atom stereocenters. The number of rotatable bonds is 6. The first kappa shape index (κ1) is 15.4. The maximum atomic E-state index is 5.26. The van der Waals surface area contributed by atoms with Crippen molar-refractivity contribution in [1.82, 2.24) is 5.32 Å². The topological polar surface area (TPSA) is 33.3 Å². The summed E-state index contributed by atoms with van der Waals surface area (Å²) in [6.07, 6.45) is 0.953. The SMILES string of the molecule is CCOCCCNC(=S)Nc1ccc(Br)cc1C. The number of benzene rings is 1. The third-order valence-electron chi connectivity index (χ3n) is 2.39. The number of halogens is 1. The van der Waals surface area contributed by atoms with E-state index in [9.17, 15) is 0 Å². The molecular formula is C13H19BrN2OS. The fraction of sp³-hybridized carbons (Fsp3) is 0.462. The molecule has 3 nitrogen and oxygen atoms in total. The molecule has 0 heterocycles. The van der Waals surface area contributed by atoms with Crippen LogP contribution in [0.2, 0.25) is 0 Å². The molecule has 0 fully saturated rings. The molecule has 0 aliphatic heterocycles. The molecular weight excluding hydrogens is 312 g/mol. The first-order valence-corrected chi connectivity index (χ1v) is 7.22. The van der Waals surface area contributed by atoms with Crippen LogP contribution in [0.15, 0.2) is 22.7 Å². The van der Waals surface area contributed by atoms with Crippen LogP contribution in [0.4, 0.5) is 5.69 Å². The van der Waals surface area contributed by atoms with E-state index < -0.39 is 0 Å². The molecule has 0 bridgehead atoms. The minimum absolute atomic E-state index is 0.650. The second kappa shape index (κ2) is 8.45. The van der Waals surface area contributed by atoms with Crippen molar-refractivity contribution in [2.45, 2.75) is 20.3 Å². The van der Waals surface area contributed by atoms with Gasteiger partial charge in [0.25, 0.3) is 0 Å². The normalized spacial score (nSPS) is 10.2. The average molecular weight is 331 g/mol. The number of aryl methyl sites for hydroxylation is 1. The quantitative estimate of drug-likeness (QED) is 0.618. The van der Waals surface area contributed by atoms with Gasteiger partial charge in [-0.15, -0.1) is 0 Å². The summed E-state index contributed by atoms with van der Waals surface area (Å²) in [6, 6.07) is 6.06. The molecule has 100 valence electrons. The summed E-state index contributed by atoms with van der Waals surface area (Å²) < 4.78 is 6.33. The van der Waals surface area contributed by atoms with Gasteiger partial charge in [-0.1, -0.05) is 15.9 Å². The van der Waals surface area contributed by atoms with Crippen LogP contribution in [-0.2, 0) is 4.74 Å². The van der Waals surface area contributed by atoms with Crippen molar-refractivity contribution >= 4 is 38.9 Å². The summed E-state index contributed by atoms with van der Waals surface area (Å²) in [6.45, 7) is 6.40. The van der Waals surface area contributed by atoms with Crippen molar-refractivity contribution in [3.8, 4) is 0 Å². The molecule has 18 heavy (non-hydrogen) atoms. The van der Waals surface area contributed by atoms with Gasteiger partial charge in [-0.2, -0.15) is 0 Å². The Labute approximate surface area is 122 Å². The van der Waals surface area contributed by atoms with Gasteiger partial charge >= 0.3 is 0 Å². The molecule has 0 aromatic heterocycles. The highest BCUT2D eigenvalue weighted by Gasteiger charge is 2.01. The second-order valence-electron chi connectivity index (χ2n) is 3.89. The maximum absolute atomic E-state index is 5.26. The molecule has 2 N–H and O–H groups in total. The summed E-state index contributed by atoms with van der Waals surface area (Å²) in [4.78, 5) is 0. The lowest BCUT2D eigenvalue weighted by atomic mass is 10.2. The van der Waals surface area contributed by atoms with E-state index in [4.69, 9.17) is 17.0 Å². The van der Waals surface area contributed by atoms with E-state index in [2.05, 4.69) is 32.6 Å². The number of thiocarbonyl (C=S) groups is 1. The second-order valence-corrected chi connectivity index (χ2v) is 5.21. The van der Waals surface area contributed by atoms with Crippen LogP contribution in [-0.4, -0.2) is 24.9 Å². The summed E-state index contributed by atoms with van der Waals surface area (Å²) in [5.41, 5.74) is 2.18. The summed E-state index contributed by atoms with van der Waals surface area (Å²) in [7, 11) is 0. The van der Waals surface area contributed by atoms with Crippen LogP contribution in [0.1, 0.15) is 18.9 Å². The van der Waals surface area contributed by atoms with Gasteiger partial charge in [-0.25, -0.2) is 0 Å². The minimum Gasteiger partial charge on any atom is -0.382 e. The van der Waals surface area contributed by atoms with Gasteiger partial charge in [-0.3, -0.25) is 0 Å². The molecule has 1 aromatic rings. The highest BCUT2D eigenvalue weighted by atomic mass is 79.9. The maximum Gasteiger partial charge on any atom is 0.170 e. The lowest BCUT2D eigenvalue weighted by molar-refractivity contribution is 0.146. The van der Waals surface area contributed by atoms with Crippen LogP contribution >= 0.6 is 28.1 Å². The lowest BCUT2D eigenvalue weighted by Crippen LogP contribution is -2.30. The predicted octanol–water partition coefficient (Wildman–Crippen LogP) is 3.47. The highest BCUT2D eigenvalue weighted by Crippen LogP contribution is 2.19. The molecule has 0 amide bonds. The molecule has 0 aliphatic carbocycles. The van der Waals surface area contributed by atoms with E-state index in [0.29, 0.717) is 5.11 Å². The molecule has 1 aromatic carbocycles. The zero-order chi connectivity index (χ0) is 13.4. The molecule has 5 heteroatoms. The van der Waals surface area contributed by atoms with Gasteiger partial charge in [0, 0.05) is 29.9 Å². The average Bonchev–Trinajstić information content (AvgIpc) is 2.32. The van der Waals surface area contributed by atoms with E-state index in [0.717, 1.165) is 41.9 Å². The Bertz CT molecular complexity index is 399. The Morgan fingerprint density at radius 1 is 1.44 bits per heavy atom. The third-order valence-corrected chi connectivity index (χ3v) is 3.13. The smallest absolute Gasteiger partial charge is 0.170 e. The number of hydrogen-bond donors (Lipinski definition) is 2. The Balaban J connectivity index is 2.31. The fourth-order valence-corrected chi connectivity index (χ4v) is 2.14. The van der Waals surface area contributed by atoms with Gasteiger partial charge in [-0.05, 0) is 56.2 Å². The molecule has 1 rings (SSSR count). The highest BCUT2D eigenvalue weighted by molar-refractivity contribution is 9.10. The van der Waals surface area contributed by atoms with Crippen molar-refractivity contribution in [1.29, 1.82) is 0 Å². The van der Waals surface area contributed by atoms with Crippen LogP contribution in [0.5, 0.6) is 0 Å². The molecule has 0 radical (unpaired) electrons. The molecule has 0 saturated carbocycles. The van der Waals surface area contributed by atoms with Crippen LogP contribution in [0, 0.1) is 6.92 Å². The standard InChI is InChI=1S/C13H19BrN2OS/c1-3-17-8-4-7-15-13(18)16-12-6-5-11(14)9-10(12)2/h5-6,9H,3-4,7-8H2,1-2H3,(H2,15,16,18). The number of anilines is 1. The van der Waals surface area contributed by atoms with E-state index in [-0.39, 0.29) is 0 Å². The van der Waals surface area contributed by atoms with Gasteiger partial charge in [0.05, 0.1) is 0 Å². The minimum atomic E-state index is 0.650. The monoisotopic (exact) mass is 330 g/mol. The zero-order valence-corrected chi connectivity index (χ0v) is 13.2. The Kier molecular flexibility index (Phi) is 7.23. The van der Waals surface area contributed by atoms with Crippen molar-refractivity contribution < 1.29 is 4.74 Å². The van der Waals surface area contributed by atoms with Crippen molar-refractivity contribution in [2.24, 2.45) is 0 Å². The van der Waals surface area contributed by atoms with Gasteiger partial charge in [0.1, 0.15) is 0 Å². The predicted molar refractivity (Wildman–Crippen MR) is 84.2 cm³/mol. The first-order chi connectivity index (χ1) is 8.63. The zero-order valence-electron chi connectivity index (χ0n) is 10.8. The van der Waals surface area contributed by atoms with E-state index in [1.54, 1.807) is 0 Å². The molecule has 0 spiro atoms. The summed E-state index contributed by atoms with van der Waals surface area (Å²) in [5, 5.41) is 7.00. The first-order valence-electron chi connectivity index (χ1n) is 6.02. The Hall–Kier alpha value is -0.650. The lowest BCUT2D eigenvalue weighted by Gasteiger charge is -2.12. The van der Waals surface area contributed by atoms with Crippen molar-refractivity contribution in [3.63, 3.8) is 0 Å². The van der Waals surface area contributed by atoms with Crippen LogP contribution in [0.25, 0.3) is 0 Å². The van der Waals surface area contributed by atoms with Gasteiger partial charge in [0.15, 0.2) is 5.11 Å². The molecule has 0 aliphatic rings. The van der Waals surface area contributed by atoms with E-state index in [1.165, 1.54) is 0 Å². The van der Waals surface area contributed by atoms with Crippen LogP contribution in [0.3, 0.4) is 0 Å².